The second kappa shape index (κ2) is 10.6. The summed E-state index contributed by atoms with van der Waals surface area (Å²) in [7, 11) is 1.97. The van der Waals surface area contributed by atoms with Crippen LogP contribution in [0.15, 0.2) is 36.7 Å². The summed E-state index contributed by atoms with van der Waals surface area (Å²) in [5, 5.41) is 6.46. The van der Waals surface area contributed by atoms with Gasteiger partial charge in [0.25, 0.3) is 0 Å². The summed E-state index contributed by atoms with van der Waals surface area (Å²) in [5.74, 6) is 1.98. The van der Waals surface area contributed by atoms with Crippen LogP contribution in [0, 0.1) is 11.8 Å². The minimum Gasteiger partial charge on any atom is -0.334 e. The number of carbonyl (C=O) groups excluding carboxylic acids is 1. The Bertz CT molecular complexity index is 698. The standard InChI is InChI=1S/C19H26N4O.2ClH/c1-14(16-6-4-8-20-13-16)11-18(24)22-17-7-3-5-15(12-17)19-21-9-10-23(19)2;;/h3,5,7,9-10,12,14,16,20H,4,6,8,11,13H2,1-2H3,(H,22,24);2*1H. The molecule has 0 saturated carbocycles. The molecule has 1 aromatic heterocycles. The zero-order valence-electron chi connectivity index (χ0n) is 15.3. The van der Waals surface area contributed by atoms with Crippen LogP contribution in [0.25, 0.3) is 11.4 Å². The van der Waals surface area contributed by atoms with Crippen molar-refractivity contribution in [1.82, 2.24) is 14.9 Å². The van der Waals surface area contributed by atoms with E-state index in [4.69, 9.17) is 0 Å². The lowest BCUT2D eigenvalue weighted by molar-refractivity contribution is -0.117. The van der Waals surface area contributed by atoms with Gasteiger partial charge in [-0.1, -0.05) is 19.1 Å². The molecule has 2 N–H and O–H groups in total. The quantitative estimate of drug-likeness (QED) is 0.802. The lowest BCUT2D eigenvalue weighted by atomic mass is 9.85. The summed E-state index contributed by atoms with van der Waals surface area (Å²) in [6.07, 6.45) is 6.69. The highest BCUT2D eigenvalue weighted by molar-refractivity contribution is 5.91. The summed E-state index contributed by atoms with van der Waals surface area (Å²) >= 11 is 0. The monoisotopic (exact) mass is 398 g/mol. The summed E-state index contributed by atoms with van der Waals surface area (Å²) in [6, 6.07) is 7.87. The van der Waals surface area contributed by atoms with Crippen LogP contribution >= 0.6 is 24.8 Å². The fourth-order valence-corrected chi connectivity index (χ4v) is 3.42. The number of aryl methyl sites for hydroxylation is 1. The molecule has 7 heteroatoms. The number of carbonyl (C=O) groups is 1. The Morgan fingerprint density at radius 2 is 2.23 bits per heavy atom. The Balaban J connectivity index is 0.00000169. The van der Waals surface area contributed by atoms with Crippen molar-refractivity contribution < 1.29 is 4.79 Å². The first-order valence-electron chi connectivity index (χ1n) is 8.72. The van der Waals surface area contributed by atoms with Crippen molar-refractivity contribution in [2.45, 2.75) is 26.2 Å². The van der Waals surface area contributed by atoms with Gasteiger partial charge in [0.2, 0.25) is 5.91 Å². The first-order valence-corrected chi connectivity index (χ1v) is 8.72. The molecule has 2 heterocycles. The van der Waals surface area contributed by atoms with Gasteiger partial charge >= 0.3 is 0 Å². The molecule has 0 spiro atoms. The first-order chi connectivity index (χ1) is 11.6. The van der Waals surface area contributed by atoms with Gasteiger partial charge in [0.1, 0.15) is 5.82 Å². The third kappa shape index (κ3) is 5.73. The van der Waals surface area contributed by atoms with Gasteiger partial charge < -0.3 is 15.2 Å². The molecule has 1 saturated heterocycles. The fourth-order valence-electron chi connectivity index (χ4n) is 3.42. The number of piperidine rings is 1. The first kappa shape index (κ1) is 22.5. The smallest absolute Gasteiger partial charge is 0.224 e. The van der Waals surface area contributed by atoms with E-state index >= 15 is 0 Å². The number of halogens is 2. The number of benzene rings is 1. The van der Waals surface area contributed by atoms with Crippen LogP contribution in [0.5, 0.6) is 0 Å². The Morgan fingerprint density at radius 3 is 2.88 bits per heavy atom. The van der Waals surface area contributed by atoms with Gasteiger partial charge in [0.15, 0.2) is 0 Å². The Morgan fingerprint density at radius 1 is 1.42 bits per heavy atom. The number of nitrogens with one attached hydrogen (secondary N) is 2. The van der Waals surface area contributed by atoms with Crippen molar-refractivity contribution in [2.75, 3.05) is 18.4 Å². The van der Waals surface area contributed by atoms with Crippen LogP contribution in [0.4, 0.5) is 5.69 Å². The molecule has 0 bridgehead atoms. The van der Waals surface area contributed by atoms with Gasteiger partial charge in [-0.3, -0.25) is 4.79 Å². The lowest BCUT2D eigenvalue weighted by Gasteiger charge is -2.28. The second-order valence-corrected chi connectivity index (χ2v) is 6.78. The maximum Gasteiger partial charge on any atom is 0.224 e. The molecule has 1 amide bonds. The number of amides is 1. The molecule has 1 fully saturated rings. The minimum absolute atomic E-state index is 0. The average molecular weight is 399 g/mol. The van der Waals surface area contributed by atoms with Crippen LogP contribution in [-0.4, -0.2) is 28.5 Å². The predicted molar refractivity (Wildman–Crippen MR) is 111 cm³/mol. The highest BCUT2D eigenvalue weighted by Crippen LogP contribution is 2.24. The molecule has 5 nitrogen and oxygen atoms in total. The van der Waals surface area contributed by atoms with Crippen molar-refractivity contribution in [3.63, 3.8) is 0 Å². The Labute approximate surface area is 167 Å². The number of aromatic nitrogens is 2. The number of hydrogen-bond acceptors (Lipinski definition) is 3. The summed E-state index contributed by atoms with van der Waals surface area (Å²) in [4.78, 5) is 16.7. The molecule has 1 aromatic carbocycles. The molecule has 3 rings (SSSR count). The van der Waals surface area contributed by atoms with Gasteiger partial charge in [0.05, 0.1) is 0 Å². The molecule has 2 atom stereocenters. The van der Waals surface area contributed by atoms with E-state index in [0.717, 1.165) is 30.2 Å². The molecule has 0 aliphatic carbocycles. The fraction of sp³-hybridized carbons (Fsp3) is 0.474. The zero-order valence-corrected chi connectivity index (χ0v) is 16.9. The van der Waals surface area contributed by atoms with Crippen LogP contribution in [0.2, 0.25) is 0 Å². The third-order valence-corrected chi connectivity index (χ3v) is 4.87. The van der Waals surface area contributed by atoms with Crippen molar-refractivity contribution in [2.24, 2.45) is 18.9 Å². The average Bonchev–Trinajstić information content (AvgIpc) is 3.02. The van der Waals surface area contributed by atoms with Gasteiger partial charge in [-0.15, -0.1) is 24.8 Å². The molecular formula is C19H28Cl2N4O. The number of nitrogens with zero attached hydrogens (tertiary/aromatic N) is 2. The maximum atomic E-state index is 12.4. The van der Waals surface area contributed by atoms with Crippen molar-refractivity contribution in [1.29, 1.82) is 0 Å². The summed E-state index contributed by atoms with van der Waals surface area (Å²) < 4.78 is 1.97. The Kier molecular flexibility index (Phi) is 9.13. The molecule has 0 radical (unpaired) electrons. The zero-order chi connectivity index (χ0) is 16.9. The number of imidazole rings is 1. The molecule has 144 valence electrons. The van der Waals surface area contributed by atoms with E-state index in [1.165, 1.54) is 12.8 Å². The van der Waals surface area contributed by atoms with E-state index in [1.807, 2.05) is 42.1 Å². The SMILES string of the molecule is CC(CC(=O)Nc1cccc(-c2nccn2C)c1)C1CCCNC1.Cl.Cl. The third-order valence-electron chi connectivity index (χ3n) is 4.87. The number of hydrogen-bond donors (Lipinski definition) is 2. The van der Waals surface area contributed by atoms with E-state index < -0.39 is 0 Å². The molecular weight excluding hydrogens is 371 g/mol. The van der Waals surface area contributed by atoms with Gasteiger partial charge in [0, 0.05) is 37.1 Å². The van der Waals surface area contributed by atoms with E-state index in [1.54, 1.807) is 6.20 Å². The highest BCUT2D eigenvalue weighted by atomic mass is 35.5. The topological polar surface area (TPSA) is 59.0 Å². The van der Waals surface area contributed by atoms with Gasteiger partial charge in [-0.05, 0) is 49.9 Å². The summed E-state index contributed by atoms with van der Waals surface area (Å²) in [5.41, 5.74) is 1.83. The predicted octanol–water partition coefficient (Wildman–Crippen LogP) is 3.90. The largest absolute Gasteiger partial charge is 0.334 e. The summed E-state index contributed by atoms with van der Waals surface area (Å²) in [6.45, 7) is 4.32. The number of anilines is 1. The molecule has 2 unspecified atom stereocenters. The van der Waals surface area contributed by atoms with Crippen molar-refractivity contribution in [3.05, 3.63) is 36.7 Å². The van der Waals surface area contributed by atoms with Crippen molar-refractivity contribution in [3.8, 4) is 11.4 Å². The molecule has 26 heavy (non-hydrogen) atoms. The van der Waals surface area contributed by atoms with Crippen LogP contribution in [0.1, 0.15) is 26.2 Å². The van der Waals surface area contributed by atoms with Crippen LogP contribution in [0.3, 0.4) is 0 Å². The van der Waals surface area contributed by atoms with Gasteiger partial charge in [-0.2, -0.15) is 0 Å². The minimum atomic E-state index is 0. The van der Waals surface area contributed by atoms with Crippen molar-refractivity contribution >= 4 is 36.4 Å². The van der Waals surface area contributed by atoms with Crippen LogP contribution in [-0.2, 0) is 11.8 Å². The number of rotatable bonds is 5. The normalized spacial score (nSPS) is 17.5. The van der Waals surface area contributed by atoms with E-state index in [2.05, 4.69) is 22.5 Å². The second-order valence-electron chi connectivity index (χ2n) is 6.78. The lowest BCUT2D eigenvalue weighted by Crippen LogP contribution is -2.34. The molecule has 1 aliphatic heterocycles. The maximum absolute atomic E-state index is 12.4. The van der Waals surface area contributed by atoms with E-state index in [-0.39, 0.29) is 30.7 Å². The molecule has 1 aliphatic rings. The van der Waals surface area contributed by atoms with E-state index in [0.29, 0.717) is 18.3 Å². The van der Waals surface area contributed by atoms with E-state index in [9.17, 15) is 4.79 Å². The highest BCUT2D eigenvalue weighted by Gasteiger charge is 2.22. The van der Waals surface area contributed by atoms with Gasteiger partial charge in [-0.25, -0.2) is 4.98 Å². The molecule has 2 aromatic rings. The van der Waals surface area contributed by atoms with Crippen LogP contribution < -0.4 is 10.6 Å². The Hall–Kier alpha value is -1.56.